The summed E-state index contributed by atoms with van der Waals surface area (Å²) in [6, 6.07) is 94.5. The van der Waals surface area contributed by atoms with Gasteiger partial charge in [0.05, 0.1) is 10.8 Å². The zero-order valence-electron chi connectivity index (χ0n) is 35.7. The van der Waals surface area contributed by atoms with E-state index in [9.17, 15) is 0 Å². The van der Waals surface area contributed by atoms with Crippen molar-refractivity contribution in [2.75, 3.05) is 4.90 Å². The van der Waals surface area contributed by atoms with Gasteiger partial charge in [-0.05, 0) is 127 Å². The van der Waals surface area contributed by atoms with Crippen molar-refractivity contribution >= 4 is 17.1 Å². The molecule has 1 heteroatoms. The number of fused-ring (bicyclic) bond motifs is 6. The standard InChI is InChI=1S/C63H45N/c1-44-41-46(45-21-7-2-8-22-45)35-40-61(44)64(51-36-38-55-53-31-17-19-33-57(53)62(59(55)42-51,47-23-9-3-10-24-47)48-25-11-4-12-26-48)52-37-39-56-54-32-18-20-34-58(54)63(60(56)43-52,49-27-13-5-14-28-49)50-29-15-6-16-30-50/h2-43H,1H3. The van der Waals surface area contributed by atoms with Crippen LogP contribution in [-0.4, -0.2) is 0 Å². The van der Waals surface area contributed by atoms with Crippen molar-refractivity contribution in [2.24, 2.45) is 0 Å². The van der Waals surface area contributed by atoms with Crippen molar-refractivity contribution in [3.8, 4) is 33.4 Å². The van der Waals surface area contributed by atoms with Gasteiger partial charge in [-0.2, -0.15) is 0 Å². The molecule has 10 aromatic carbocycles. The van der Waals surface area contributed by atoms with Crippen LogP contribution >= 0.6 is 0 Å². The van der Waals surface area contributed by atoms with Crippen LogP contribution in [0.1, 0.15) is 50.1 Å². The number of benzene rings is 10. The van der Waals surface area contributed by atoms with E-state index in [0.717, 1.165) is 17.1 Å². The fourth-order valence-corrected chi connectivity index (χ4v) is 11.3. The molecule has 0 amide bonds. The Bertz CT molecular complexity index is 3060. The third-order valence-electron chi connectivity index (χ3n) is 13.9. The van der Waals surface area contributed by atoms with E-state index < -0.39 is 10.8 Å². The van der Waals surface area contributed by atoms with Crippen molar-refractivity contribution in [3.63, 3.8) is 0 Å². The molecule has 0 unspecified atom stereocenters. The van der Waals surface area contributed by atoms with E-state index in [4.69, 9.17) is 0 Å². The van der Waals surface area contributed by atoms with Crippen molar-refractivity contribution in [3.05, 3.63) is 305 Å². The molecule has 1 nitrogen and oxygen atoms in total. The summed E-state index contributed by atoms with van der Waals surface area (Å²) in [5.74, 6) is 0. The lowest BCUT2D eigenvalue weighted by molar-refractivity contribution is 0.767. The van der Waals surface area contributed by atoms with Crippen molar-refractivity contribution < 1.29 is 0 Å². The molecule has 2 aliphatic rings. The molecule has 0 radical (unpaired) electrons. The summed E-state index contributed by atoms with van der Waals surface area (Å²) in [6.45, 7) is 2.26. The first kappa shape index (κ1) is 37.7. The lowest BCUT2D eigenvalue weighted by atomic mass is 9.67. The lowest BCUT2D eigenvalue weighted by Crippen LogP contribution is -2.29. The normalized spacial score (nSPS) is 13.6. The molecule has 2 aliphatic carbocycles. The summed E-state index contributed by atoms with van der Waals surface area (Å²) in [5, 5.41) is 0. The van der Waals surface area contributed by atoms with Crippen LogP contribution < -0.4 is 4.90 Å². The van der Waals surface area contributed by atoms with Gasteiger partial charge in [0, 0.05) is 17.1 Å². The highest BCUT2D eigenvalue weighted by molar-refractivity contribution is 5.93. The highest BCUT2D eigenvalue weighted by Gasteiger charge is 2.48. The van der Waals surface area contributed by atoms with E-state index in [2.05, 4.69) is 267 Å². The first-order valence-electron chi connectivity index (χ1n) is 22.3. The van der Waals surface area contributed by atoms with Gasteiger partial charge in [0.25, 0.3) is 0 Å². The van der Waals surface area contributed by atoms with Gasteiger partial charge in [-0.15, -0.1) is 0 Å². The molecule has 0 fully saturated rings. The van der Waals surface area contributed by atoms with E-state index in [1.165, 1.54) is 83.5 Å². The minimum atomic E-state index is -0.530. The Kier molecular flexibility index (Phi) is 8.91. The SMILES string of the molecule is Cc1cc(-c2ccccc2)ccc1N(c1ccc2c(c1)C(c1ccccc1)(c1ccccc1)c1ccccc1-2)c1ccc2c(c1)C(c1ccccc1)(c1ccccc1)c1ccccc1-2. The molecule has 0 heterocycles. The van der Waals surface area contributed by atoms with Gasteiger partial charge in [-0.3, -0.25) is 0 Å². The van der Waals surface area contributed by atoms with E-state index >= 15 is 0 Å². The second-order valence-electron chi connectivity index (χ2n) is 17.2. The van der Waals surface area contributed by atoms with Crippen molar-refractivity contribution in [1.82, 2.24) is 0 Å². The minimum absolute atomic E-state index is 0.530. The fourth-order valence-electron chi connectivity index (χ4n) is 11.3. The Morgan fingerprint density at radius 3 is 1.05 bits per heavy atom. The van der Waals surface area contributed by atoms with E-state index in [-0.39, 0.29) is 0 Å². The molecule has 0 bridgehead atoms. The molecule has 0 saturated heterocycles. The Balaban J connectivity index is 1.14. The third-order valence-corrected chi connectivity index (χ3v) is 13.9. The predicted octanol–water partition coefficient (Wildman–Crippen LogP) is 15.9. The lowest BCUT2D eigenvalue weighted by Gasteiger charge is -2.36. The first-order valence-corrected chi connectivity index (χ1v) is 22.3. The number of aryl methyl sites for hydroxylation is 1. The summed E-state index contributed by atoms with van der Waals surface area (Å²) in [7, 11) is 0. The predicted molar refractivity (Wildman–Crippen MR) is 266 cm³/mol. The molecule has 10 aromatic rings. The zero-order valence-corrected chi connectivity index (χ0v) is 35.7. The number of hydrogen-bond acceptors (Lipinski definition) is 1. The highest BCUT2D eigenvalue weighted by atomic mass is 15.1. The van der Waals surface area contributed by atoms with Crippen LogP contribution in [0.25, 0.3) is 33.4 Å². The maximum Gasteiger partial charge on any atom is 0.0714 e. The van der Waals surface area contributed by atoms with Gasteiger partial charge < -0.3 is 4.90 Å². The summed E-state index contributed by atoms with van der Waals surface area (Å²) >= 11 is 0. The van der Waals surface area contributed by atoms with Gasteiger partial charge >= 0.3 is 0 Å². The average Bonchev–Trinajstić information content (AvgIpc) is 3.84. The molecule has 0 spiro atoms. The molecule has 302 valence electrons. The second kappa shape index (κ2) is 15.1. The monoisotopic (exact) mass is 815 g/mol. The van der Waals surface area contributed by atoms with Crippen LogP contribution in [-0.2, 0) is 10.8 Å². The molecular weight excluding hydrogens is 771 g/mol. The van der Waals surface area contributed by atoms with E-state index in [0.29, 0.717) is 0 Å². The van der Waals surface area contributed by atoms with Gasteiger partial charge in [0.2, 0.25) is 0 Å². The van der Waals surface area contributed by atoms with Crippen LogP contribution in [0.5, 0.6) is 0 Å². The summed E-state index contributed by atoms with van der Waals surface area (Å²) in [4.78, 5) is 2.51. The van der Waals surface area contributed by atoms with Crippen LogP contribution in [0.15, 0.2) is 255 Å². The zero-order chi connectivity index (χ0) is 42.7. The van der Waals surface area contributed by atoms with Gasteiger partial charge in [-0.1, -0.05) is 218 Å². The molecule has 0 N–H and O–H groups in total. The Morgan fingerprint density at radius 2 is 0.641 bits per heavy atom. The van der Waals surface area contributed by atoms with Crippen LogP contribution in [0.4, 0.5) is 17.1 Å². The van der Waals surface area contributed by atoms with Crippen LogP contribution in [0.3, 0.4) is 0 Å². The second-order valence-corrected chi connectivity index (χ2v) is 17.2. The maximum absolute atomic E-state index is 2.51. The number of rotatable bonds is 8. The minimum Gasteiger partial charge on any atom is -0.310 e. The van der Waals surface area contributed by atoms with Crippen molar-refractivity contribution in [1.29, 1.82) is 0 Å². The molecule has 64 heavy (non-hydrogen) atoms. The topological polar surface area (TPSA) is 3.24 Å². The van der Waals surface area contributed by atoms with Gasteiger partial charge in [0.15, 0.2) is 0 Å². The Morgan fingerprint density at radius 1 is 0.281 bits per heavy atom. The Hall–Kier alpha value is -8.00. The van der Waals surface area contributed by atoms with Gasteiger partial charge in [-0.25, -0.2) is 0 Å². The fraction of sp³-hybridized carbons (Fsp3) is 0.0476. The van der Waals surface area contributed by atoms with E-state index in [1.807, 2.05) is 0 Å². The summed E-state index contributed by atoms with van der Waals surface area (Å²) in [6.07, 6.45) is 0. The molecule has 0 aromatic heterocycles. The Labute approximate surface area is 376 Å². The van der Waals surface area contributed by atoms with Crippen LogP contribution in [0.2, 0.25) is 0 Å². The van der Waals surface area contributed by atoms with Gasteiger partial charge in [0.1, 0.15) is 0 Å². The summed E-state index contributed by atoms with van der Waals surface area (Å²) < 4.78 is 0. The highest BCUT2D eigenvalue weighted by Crippen LogP contribution is 2.59. The number of anilines is 3. The summed E-state index contributed by atoms with van der Waals surface area (Å²) in [5.41, 5.74) is 21.2. The molecule has 0 aliphatic heterocycles. The quantitative estimate of drug-likeness (QED) is 0.148. The molecule has 12 rings (SSSR count). The van der Waals surface area contributed by atoms with Crippen molar-refractivity contribution in [2.45, 2.75) is 17.8 Å². The number of nitrogens with zero attached hydrogens (tertiary/aromatic N) is 1. The molecule has 0 atom stereocenters. The largest absolute Gasteiger partial charge is 0.310 e. The average molecular weight is 816 g/mol. The van der Waals surface area contributed by atoms with E-state index in [1.54, 1.807) is 0 Å². The third kappa shape index (κ3) is 5.57. The maximum atomic E-state index is 2.51. The number of hydrogen-bond donors (Lipinski definition) is 0. The molecular formula is C63H45N. The first-order chi connectivity index (χ1) is 31.7. The molecule has 0 saturated carbocycles. The van der Waals surface area contributed by atoms with Crippen LogP contribution in [0, 0.1) is 6.92 Å². The smallest absolute Gasteiger partial charge is 0.0714 e.